The number of likely N-dealkylation sites (tertiary alicyclic amines) is 1. The molecule has 108 valence electrons. The Morgan fingerprint density at radius 3 is 2.95 bits per heavy atom. The van der Waals surface area contributed by atoms with E-state index in [0.29, 0.717) is 12.0 Å². The Bertz CT molecular complexity index is 573. The number of hydrogen-bond acceptors (Lipinski definition) is 5. The van der Waals surface area contributed by atoms with Gasteiger partial charge in [-0.25, -0.2) is 4.98 Å². The van der Waals surface area contributed by atoms with Crippen LogP contribution in [0.5, 0.6) is 0 Å². The summed E-state index contributed by atoms with van der Waals surface area (Å²) in [6.07, 6.45) is 4.09. The normalized spacial score (nSPS) is 20.1. The SMILES string of the molecule is Cc1cc(C2CCCN2Cc2coc(C(C)C)n2)no1. The van der Waals surface area contributed by atoms with Crippen LogP contribution in [0.4, 0.5) is 0 Å². The molecule has 3 rings (SSSR count). The van der Waals surface area contributed by atoms with Gasteiger partial charge in [0.2, 0.25) is 0 Å². The number of nitrogens with zero attached hydrogens (tertiary/aromatic N) is 3. The highest BCUT2D eigenvalue weighted by molar-refractivity contribution is 5.11. The van der Waals surface area contributed by atoms with Crippen molar-refractivity contribution in [2.75, 3.05) is 6.54 Å². The van der Waals surface area contributed by atoms with E-state index in [1.54, 1.807) is 6.26 Å². The van der Waals surface area contributed by atoms with Gasteiger partial charge in [0, 0.05) is 18.5 Å². The second-order valence-corrected chi connectivity index (χ2v) is 5.82. The Morgan fingerprint density at radius 1 is 1.45 bits per heavy atom. The molecule has 5 nitrogen and oxygen atoms in total. The predicted octanol–water partition coefficient (Wildman–Crippen LogP) is 3.43. The van der Waals surface area contributed by atoms with Gasteiger partial charge in [0.15, 0.2) is 5.89 Å². The molecule has 1 atom stereocenters. The fourth-order valence-corrected chi connectivity index (χ4v) is 2.76. The standard InChI is InChI=1S/C15H21N3O2/c1-10(2)15-16-12(9-19-15)8-18-6-4-5-14(18)13-7-11(3)20-17-13/h7,9-10,14H,4-6,8H2,1-3H3. The minimum Gasteiger partial charge on any atom is -0.448 e. The number of hydrogen-bond donors (Lipinski definition) is 0. The first kappa shape index (κ1) is 13.4. The molecule has 0 bridgehead atoms. The van der Waals surface area contributed by atoms with Gasteiger partial charge in [0.05, 0.1) is 11.7 Å². The molecule has 5 heteroatoms. The van der Waals surface area contributed by atoms with E-state index in [-0.39, 0.29) is 0 Å². The van der Waals surface area contributed by atoms with Crippen LogP contribution in [0, 0.1) is 6.92 Å². The maximum Gasteiger partial charge on any atom is 0.196 e. The van der Waals surface area contributed by atoms with Crippen molar-refractivity contribution in [3.63, 3.8) is 0 Å². The lowest BCUT2D eigenvalue weighted by atomic mass is 10.1. The van der Waals surface area contributed by atoms with Crippen molar-refractivity contribution < 1.29 is 8.94 Å². The van der Waals surface area contributed by atoms with Crippen LogP contribution in [0.25, 0.3) is 0 Å². The van der Waals surface area contributed by atoms with Crippen LogP contribution in [0.3, 0.4) is 0 Å². The number of aromatic nitrogens is 2. The molecule has 0 N–H and O–H groups in total. The zero-order valence-electron chi connectivity index (χ0n) is 12.3. The lowest BCUT2D eigenvalue weighted by Gasteiger charge is -2.21. The summed E-state index contributed by atoms with van der Waals surface area (Å²) in [5.41, 5.74) is 2.04. The van der Waals surface area contributed by atoms with Crippen LogP contribution < -0.4 is 0 Å². The van der Waals surface area contributed by atoms with E-state index in [0.717, 1.165) is 42.5 Å². The highest BCUT2D eigenvalue weighted by Gasteiger charge is 2.29. The summed E-state index contributed by atoms with van der Waals surface area (Å²) in [4.78, 5) is 6.96. The first-order valence-corrected chi connectivity index (χ1v) is 7.25. The molecule has 0 radical (unpaired) electrons. The molecule has 1 aliphatic rings. The summed E-state index contributed by atoms with van der Waals surface area (Å²) in [7, 11) is 0. The van der Waals surface area contributed by atoms with Gasteiger partial charge in [-0.2, -0.15) is 0 Å². The molecule has 0 spiro atoms. The Balaban J connectivity index is 1.72. The summed E-state index contributed by atoms with van der Waals surface area (Å²) in [6.45, 7) is 7.99. The molecule has 20 heavy (non-hydrogen) atoms. The lowest BCUT2D eigenvalue weighted by molar-refractivity contribution is 0.234. The van der Waals surface area contributed by atoms with Crippen LogP contribution in [-0.2, 0) is 6.54 Å². The van der Waals surface area contributed by atoms with E-state index in [2.05, 4.69) is 28.9 Å². The van der Waals surface area contributed by atoms with Crippen LogP contribution in [-0.4, -0.2) is 21.6 Å². The smallest absolute Gasteiger partial charge is 0.196 e. The Hall–Kier alpha value is -1.62. The molecule has 0 aliphatic carbocycles. The molecule has 3 heterocycles. The Kier molecular flexibility index (Phi) is 3.61. The van der Waals surface area contributed by atoms with Crippen molar-refractivity contribution in [1.82, 2.24) is 15.0 Å². The Morgan fingerprint density at radius 2 is 2.30 bits per heavy atom. The van der Waals surface area contributed by atoms with Crippen LogP contribution in [0.2, 0.25) is 0 Å². The quantitative estimate of drug-likeness (QED) is 0.855. The topological polar surface area (TPSA) is 55.3 Å². The third-order valence-electron chi connectivity index (χ3n) is 3.78. The third kappa shape index (κ3) is 2.63. The molecule has 1 fully saturated rings. The maximum atomic E-state index is 5.51. The van der Waals surface area contributed by atoms with Crippen molar-refractivity contribution in [3.05, 3.63) is 35.4 Å². The zero-order chi connectivity index (χ0) is 14.1. The molecule has 1 saturated heterocycles. The van der Waals surface area contributed by atoms with Gasteiger partial charge in [-0.3, -0.25) is 4.90 Å². The molecule has 1 unspecified atom stereocenters. The highest BCUT2D eigenvalue weighted by atomic mass is 16.5. The van der Waals surface area contributed by atoms with Gasteiger partial charge in [0.1, 0.15) is 17.7 Å². The molecule has 1 aliphatic heterocycles. The number of rotatable bonds is 4. The van der Waals surface area contributed by atoms with Crippen molar-refractivity contribution in [3.8, 4) is 0 Å². The van der Waals surface area contributed by atoms with E-state index in [4.69, 9.17) is 8.94 Å². The monoisotopic (exact) mass is 275 g/mol. The van der Waals surface area contributed by atoms with Crippen molar-refractivity contribution in [2.45, 2.75) is 52.1 Å². The van der Waals surface area contributed by atoms with E-state index < -0.39 is 0 Å². The molecular formula is C15H21N3O2. The minimum absolute atomic E-state index is 0.330. The van der Waals surface area contributed by atoms with Crippen LogP contribution >= 0.6 is 0 Å². The summed E-state index contributed by atoms with van der Waals surface area (Å²) >= 11 is 0. The van der Waals surface area contributed by atoms with Gasteiger partial charge in [0.25, 0.3) is 0 Å². The van der Waals surface area contributed by atoms with Crippen molar-refractivity contribution >= 4 is 0 Å². The second kappa shape index (κ2) is 5.40. The van der Waals surface area contributed by atoms with Crippen LogP contribution in [0.1, 0.15) is 61.7 Å². The molecule has 0 saturated carbocycles. The maximum absolute atomic E-state index is 5.51. The van der Waals surface area contributed by atoms with Gasteiger partial charge >= 0.3 is 0 Å². The number of oxazole rings is 1. The summed E-state index contributed by atoms with van der Waals surface area (Å²) in [5, 5.41) is 4.16. The van der Waals surface area contributed by atoms with Crippen molar-refractivity contribution in [1.29, 1.82) is 0 Å². The van der Waals surface area contributed by atoms with E-state index in [1.807, 2.05) is 13.0 Å². The first-order chi connectivity index (χ1) is 9.63. The lowest BCUT2D eigenvalue weighted by Crippen LogP contribution is -2.23. The summed E-state index contributed by atoms with van der Waals surface area (Å²) in [5.74, 6) is 2.01. The molecule has 0 amide bonds. The molecule has 0 aromatic carbocycles. The van der Waals surface area contributed by atoms with E-state index in [1.165, 1.54) is 6.42 Å². The van der Waals surface area contributed by atoms with Crippen LogP contribution in [0.15, 0.2) is 21.3 Å². The first-order valence-electron chi connectivity index (χ1n) is 7.25. The zero-order valence-corrected chi connectivity index (χ0v) is 12.3. The highest BCUT2D eigenvalue weighted by Crippen LogP contribution is 2.32. The van der Waals surface area contributed by atoms with E-state index in [9.17, 15) is 0 Å². The average molecular weight is 275 g/mol. The van der Waals surface area contributed by atoms with Crippen molar-refractivity contribution in [2.24, 2.45) is 0 Å². The predicted molar refractivity (Wildman–Crippen MR) is 74.2 cm³/mol. The summed E-state index contributed by atoms with van der Waals surface area (Å²) in [6, 6.07) is 2.37. The van der Waals surface area contributed by atoms with Gasteiger partial charge < -0.3 is 8.94 Å². The minimum atomic E-state index is 0.330. The average Bonchev–Trinajstić information content (AvgIpc) is 3.09. The van der Waals surface area contributed by atoms with E-state index >= 15 is 0 Å². The third-order valence-corrected chi connectivity index (χ3v) is 3.78. The van der Waals surface area contributed by atoms with Gasteiger partial charge in [-0.05, 0) is 26.3 Å². The number of aryl methyl sites for hydroxylation is 1. The molecule has 2 aromatic heterocycles. The van der Waals surface area contributed by atoms with Gasteiger partial charge in [-0.15, -0.1) is 0 Å². The summed E-state index contributed by atoms with van der Waals surface area (Å²) < 4.78 is 10.7. The Labute approximate surface area is 119 Å². The molecule has 2 aromatic rings. The van der Waals surface area contributed by atoms with Gasteiger partial charge in [-0.1, -0.05) is 19.0 Å². The fourth-order valence-electron chi connectivity index (χ4n) is 2.76. The largest absolute Gasteiger partial charge is 0.448 e. The second-order valence-electron chi connectivity index (χ2n) is 5.82. The molecular weight excluding hydrogens is 254 g/mol. The fraction of sp³-hybridized carbons (Fsp3) is 0.600.